The molecule has 1 unspecified atom stereocenters. The van der Waals surface area contributed by atoms with Gasteiger partial charge < -0.3 is 15.0 Å². The van der Waals surface area contributed by atoms with Gasteiger partial charge in [-0.3, -0.25) is 0 Å². The molecule has 0 spiro atoms. The highest BCUT2D eigenvalue weighted by atomic mass is 16.5. The number of imidazole rings is 1. The number of aromatic nitrogens is 2. The van der Waals surface area contributed by atoms with Crippen molar-refractivity contribution in [3.63, 3.8) is 0 Å². The maximum absolute atomic E-state index is 5.95. The largest absolute Gasteiger partial charge is 0.371 e. The first kappa shape index (κ1) is 11.6. The average Bonchev–Trinajstić information content (AvgIpc) is 2.52. The molecule has 1 aliphatic carbocycles. The lowest BCUT2D eigenvalue weighted by atomic mass is 9.97. The summed E-state index contributed by atoms with van der Waals surface area (Å²) in [7, 11) is 2.07. The van der Waals surface area contributed by atoms with Gasteiger partial charge in [0.25, 0.3) is 0 Å². The minimum absolute atomic E-state index is 0.246. The van der Waals surface area contributed by atoms with E-state index in [-0.39, 0.29) is 12.1 Å². The lowest BCUT2D eigenvalue weighted by molar-refractivity contribution is 0.0598. The molecule has 90 valence electrons. The van der Waals surface area contributed by atoms with Gasteiger partial charge in [0.05, 0.1) is 11.8 Å². The van der Waals surface area contributed by atoms with E-state index in [1.807, 2.05) is 13.8 Å². The van der Waals surface area contributed by atoms with Gasteiger partial charge in [0.2, 0.25) is 0 Å². The van der Waals surface area contributed by atoms with E-state index >= 15 is 0 Å². The fourth-order valence-corrected chi connectivity index (χ4v) is 2.16. The summed E-state index contributed by atoms with van der Waals surface area (Å²) in [6.07, 6.45) is 3.26. The highest BCUT2D eigenvalue weighted by molar-refractivity contribution is 5.21. The van der Waals surface area contributed by atoms with Crippen molar-refractivity contribution < 1.29 is 4.74 Å². The summed E-state index contributed by atoms with van der Waals surface area (Å²) in [5.74, 6) is 1.02. The summed E-state index contributed by atoms with van der Waals surface area (Å²) in [6, 6.07) is 0.279. The van der Waals surface area contributed by atoms with Crippen LogP contribution in [0.1, 0.15) is 37.5 Å². The Bertz CT molecular complexity index is 371. The molecule has 4 heteroatoms. The van der Waals surface area contributed by atoms with E-state index in [0.29, 0.717) is 6.61 Å². The highest BCUT2D eigenvalue weighted by Crippen LogP contribution is 2.21. The van der Waals surface area contributed by atoms with Crippen LogP contribution in [-0.4, -0.2) is 21.7 Å². The Kier molecular flexibility index (Phi) is 3.30. The van der Waals surface area contributed by atoms with Gasteiger partial charge in [-0.15, -0.1) is 0 Å². The second-order valence-corrected chi connectivity index (χ2v) is 4.84. The van der Waals surface area contributed by atoms with Gasteiger partial charge in [-0.1, -0.05) is 0 Å². The molecule has 0 aliphatic heterocycles. The molecular formula is C12H21N3O. The number of fused-ring (bicyclic) bond motifs is 1. The molecule has 1 aromatic heterocycles. The van der Waals surface area contributed by atoms with Crippen LogP contribution in [0.4, 0.5) is 0 Å². The number of hydrogen-bond acceptors (Lipinski definition) is 3. The Hall–Kier alpha value is -0.870. The highest BCUT2D eigenvalue weighted by Gasteiger charge is 2.21. The van der Waals surface area contributed by atoms with Crippen molar-refractivity contribution in [2.24, 2.45) is 12.8 Å². The van der Waals surface area contributed by atoms with Gasteiger partial charge in [0, 0.05) is 25.2 Å². The summed E-state index contributed by atoms with van der Waals surface area (Å²) in [5, 5.41) is 0. The third-order valence-corrected chi connectivity index (χ3v) is 3.14. The van der Waals surface area contributed by atoms with E-state index in [4.69, 9.17) is 10.5 Å². The van der Waals surface area contributed by atoms with Crippen molar-refractivity contribution in [1.82, 2.24) is 9.55 Å². The van der Waals surface area contributed by atoms with E-state index in [2.05, 4.69) is 16.6 Å². The molecule has 0 amide bonds. The molecule has 0 bridgehead atoms. The normalized spacial score (nSPS) is 20.2. The molecule has 0 radical (unpaired) electrons. The van der Waals surface area contributed by atoms with Gasteiger partial charge in [-0.2, -0.15) is 0 Å². The van der Waals surface area contributed by atoms with E-state index < -0.39 is 0 Å². The Morgan fingerprint density at radius 2 is 2.31 bits per heavy atom. The monoisotopic (exact) mass is 223 g/mol. The topological polar surface area (TPSA) is 53.1 Å². The van der Waals surface area contributed by atoms with Crippen molar-refractivity contribution in [1.29, 1.82) is 0 Å². The first-order valence-corrected chi connectivity index (χ1v) is 5.98. The van der Waals surface area contributed by atoms with Crippen LogP contribution in [0, 0.1) is 0 Å². The van der Waals surface area contributed by atoms with Crippen LogP contribution in [0.2, 0.25) is 0 Å². The number of rotatable bonds is 3. The molecule has 1 aliphatic rings. The van der Waals surface area contributed by atoms with Crippen LogP contribution >= 0.6 is 0 Å². The smallest absolute Gasteiger partial charge is 0.135 e. The molecule has 0 saturated carbocycles. The van der Waals surface area contributed by atoms with Crippen molar-refractivity contribution in [2.75, 3.05) is 0 Å². The summed E-state index contributed by atoms with van der Waals surface area (Å²) in [5.41, 5.74) is 8.46. The number of ether oxygens (including phenoxy) is 1. The quantitative estimate of drug-likeness (QED) is 0.836. The van der Waals surface area contributed by atoms with E-state index in [9.17, 15) is 0 Å². The Labute approximate surface area is 96.8 Å². The second kappa shape index (κ2) is 4.55. The molecule has 16 heavy (non-hydrogen) atoms. The van der Waals surface area contributed by atoms with Gasteiger partial charge >= 0.3 is 0 Å². The first-order chi connectivity index (χ1) is 7.58. The first-order valence-electron chi connectivity index (χ1n) is 5.98. The van der Waals surface area contributed by atoms with Crippen LogP contribution in [-0.2, 0) is 31.2 Å². The summed E-state index contributed by atoms with van der Waals surface area (Å²) in [6.45, 7) is 4.67. The summed E-state index contributed by atoms with van der Waals surface area (Å²) in [4.78, 5) is 4.63. The lowest BCUT2D eigenvalue weighted by Crippen LogP contribution is -2.28. The molecule has 2 N–H and O–H groups in total. The molecule has 1 atom stereocenters. The molecule has 0 saturated heterocycles. The van der Waals surface area contributed by atoms with Gasteiger partial charge in [0.15, 0.2) is 0 Å². The van der Waals surface area contributed by atoms with Crippen LogP contribution in [0.25, 0.3) is 0 Å². The van der Waals surface area contributed by atoms with Crippen LogP contribution < -0.4 is 5.73 Å². The van der Waals surface area contributed by atoms with Crippen molar-refractivity contribution >= 4 is 0 Å². The Morgan fingerprint density at radius 1 is 1.56 bits per heavy atom. The zero-order valence-electron chi connectivity index (χ0n) is 10.4. The maximum atomic E-state index is 5.95. The fourth-order valence-electron chi connectivity index (χ4n) is 2.16. The standard InChI is InChI=1S/C12H21N3O/c1-8(2)16-7-12-14-10-6-9(13)4-5-11(10)15(12)3/h8-9H,4-7,13H2,1-3H3. The van der Waals surface area contributed by atoms with Crippen LogP contribution in [0.15, 0.2) is 0 Å². The van der Waals surface area contributed by atoms with E-state index in [1.165, 1.54) is 11.4 Å². The van der Waals surface area contributed by atoms with Crippen molar-refractivity contribution in [2.45, 2.75) is 51.9 Å². The lowest BCUT2D eigenvalue weighted by Gasteiger charge is -2.17. The van der Waals surface area contributed by atoms with Gasteiger partial charge in [-0.05, 0) is 26.7 Å². The zero-order chi connectivity index (χ0) is 11.7. The van der Waals surface area contributed by atoms with Crippen molar-refractivity contribution in [3.05, 3.63) is 17.2 Å². The molecule has 2 rings (SSSR count). The molecular weight excluding hydrogens is 202 g/mol. The minimum atomic E-state index is 0.246. The molecule has 4 nitrogen and oxygen atoms in total. The summed E-state index contributed by atoms with van der Waals surface area (Å²) < 4.78 is 7.77. The van der Waals surface area contributed by atoms with Crippen LogP contribution in [0.5, 0.6) is 0 Å². The van der Waals surface area contributed by atoms with Crippen molar-refractivity contribution in [3.8, 4) is 0 Å². The number of nitrogens with two attached hydrogens (primary N) is 1. The third-order valence-electron chi connectivity index (χ3n) is 3.14. The Morgan fingerprint density at radius 3 is 3.00 bits per heavy atom. The predicted molar refractivity (Wildman–Crippen MR) is 63.1 cm³/mol. The number of hydrogen-bond donors (Lipinski definition) is 1. The fraction of sp³-hybridized carbons (Fsp3) is 0.750. The molecule has 0 aromatic carbocycles. The molecule has 1 heterocycles. The Balaban J connectivity index is 2.15. The SMILES string of the molecule is CC(C)OCc1nc2c(n1C)CCC(N)C2. The van der Waals surface area contributed by atoms with Gasteiger partial charge in [-0.25, -0.2) is 4.98 Å². The number of nitrogens with zero attached hydrogens (tertiary/aromatic N) is 2. The maximum Gasteiger partial charge on any atom is 0.135 e. The zero-order valence-corrected chi connectivity index (χ0v) is 10.4. The molecule has 1 aromatic rings. The summed E-state index contributed by atoms with van der Waals surface area (Å²) >= 11 is 0. The van der Waals surface area contributed by atoms with Crippen LogP contribution in [0.3, 0.4) is 0 Å². The van der Waals surface area contributed by atoms with Gasteiger partial charge in [0.1, 0.15) is 12.4 Å². The molecule has 0 fully saturated rings. The second-order valence-electron chi connectivity index (χ2n) is 4.84. The average molecular weight is 223 g/mol. The minimum Gasteiger partial charge on any atom is -0.371 e. The van der Waals surface area contributed by atoms with E-state index in [1.54, 1.807) is 0 Å². The third kappa shape index (κ3) is 2.28. The predicted octanol–water partition coefficient (Wildman–Crippen LogP) is 1.16. The van der Waals surface area contributed by atoms with E-state index in [0.717, 1.165) is 25.1 Å².